The number of halogens is 1. The maximum absolute atomic E-state index is 11.6. The summed E-state index contributed by atoms with van der Waals surface area (Å²) in [6, 6.07) is 10.9. The van der Waals surface area contributed by atoms with Gasteiger partial charge in [-0.1, -0.05) is 11.6 Å². The van der Waals surface area contributed by atoms with Crippen LogP contribution in [-0.2, 0) is 11.4 Å². The molecule has 1 fully saturated rings. The van der Waals surface area contributed by atoms with Crippen molar-refractivity contribution < 1.29 is 14.3 Å². The van der Waals surface area contributed by atoms with Gasteiger partial charge in [0.15, 0.2) is 0 Å². The summed E-state index contributed by atoms with van der Waals surface area (Å²) in [6.07, 6.45) is 6.44. The molecule has 0 saturated carbocycles. The van der Waals surface area contributed by atoms with E-state index in [1.165, 1.54) is 0 Å². The zero-order chi connectivity index (χ0) is 25.5. The summed E-state index contributed by atoms with van der Waals surface area (Å²) >= 11 is 6.42. The van der Waals surface area contributed by atoms with E-state index in [-0.39, 0.29) is 24.5 Å². The molecule has 10 heteroatoms. The zero-order valence-electron chi connectivity index (χ0n) is 20.3. The fraction of sp³-hybridized carbons (Fsp3) is 0.308. The van der Waals surface area contributed by atoms with Crippen LogP contribution in [-0.4, -0.2) is 52.9 Å². The monoisotopic (exact) mass is 508 g/mol. The first-order valence-corrected chi connectivity index (χ1v) is 12.1. The van der Waals surface area contributed by atoms with Crippen molar-refractivity contribution in [3.8, 4) is 11.5 Å². The number of rotatable bonds is 8. The Balaban J connectivity index is 1.40. The van der Waals surface area contributed by atoms with Crippen LogP contribution in [0, 0.1) is 5.41 Å². The van der Waals surface area contributed by atoms with Crippen LogP contribution in [0.25, 0.3) is 0 Å². The Labute approximate surface area is 215 Å². The number of amidine groups is 1. The average Bonchev–Trinajstić information content (AvgIpc) is 2.89. The summed E-state index contributed by atoms with van der Waals surface area (Å²) in [5.74, 6) is 1.49. The van der Waals surface area contributed by atoms with E-state index in [1.807, 2.05) is 30.1 Å². The minimum Gasteiger partial charge on any atom is -0.490 e. The highest BCUT2D eigenvalue weighted by molar-refractivity contribution is 6.32. The Morgan fingerprint density at radius 3 is 2.67 bits per heavy atom. The number of carbonyl (C=O) groups is 1. The lowest BCUT2D eigenvalue weighted by atomic mass is 10.1. The van der Waals surface area contributed by atoms with E-state index in [0.717, 1.165) is 18.5 Å². The van der Waals surface area contributed by atoms with Crippen LogP contribution in [0.2, 0.25) is 5.02 Å². The number of amides is 1. The van der Waals surface area contributed by atoms with Crippen LogP contribution in [0.15, 0.2) is 55.0 Å². The lowest BCUT2D eigenvalue weighted by Crippen LogP contribution is -2.40. The molecule has 188 valence electrons. The topological polar surface area (TPSA) is 112 Å². The van der Waals surface area contributed by atoms with Crippen molar-refractivity contribution in [3.63, 3.8) is 0 Å². The Morgan fingerprint density at radius 1 is 1.19 bits per heavy atom. The number of nitrogens with zero attached hydrogens (tertiary/aromatic N) is 3. The molecule has 2 aromatic carbocycles. The Morgan fingerprint density at radius 2 is 2.00 bits per heavy atom. The molecular formula is C26H29ClN6O3. The van der Waals surface area contributed by atoms with Gasteiger partial charge in [-0.25, -0.2) is 0 Å². The fourth-order valence-electron chi connectivity index (χ4n) is 3.97. The average molecular weight is 509 g/mol. The zero-order valence-corrected chi connectivity index (χ0v) is 21.0. The summed E-state index contributed by atoms with van der Waals surface area (Å²) in [7, 11) is 1.81. The van der Waals surface area contributed by atoms with Gasteiger partial charge >= 0.3 is 0 Å². The first kappa shape index (κ1) is 25.2. The van der Waals surface area contributed by atoms with Gasteiger partial charge in [-0.3, -0.25) is 20.2 Å². The predicted octanol–water partition coefficient (Wildman–Crippen LogP) is 4.58. The van der Waals surface area contributed by atoms with Gasteiger partial charge in [-0.15, -0.1) is 0 Å². The van der Waals surface area contributed by atoms with E-state index in [2.05, 4.69) is 20.6 Å². The Bertz CT molecular complexity index is 1220. The largest absolute Gasteiger partial charge is 0.490 e. The van der Waals surface area contributed by atoms with E-state index in [0.29, 0.717) is 46.6 Å². The van der Waals surface area contributed by atoms with Crippen LogP contribution in [0.4, 0.5) is 11.4 Å². The quantitative estimate of drug-likeness (QED) is 0.301. The molecule has 0 radical (unpaired) electrons. The van der Waals surface area contributed by atoms with Crippen LogP contribution in [0.3, 0.4) is 0 Å². The molecule has 1 aliphatic heterocycles. The van der Waals surface area contributed by atoms with Crippen LogP contribution in [0.5, 0.6) is 11.5 Å². The van der Waals surface area contributed by atoms with Gasteiger partial charge in [0.05, 0.1) is 16.9 Å². The Hall–Kier alpha value is -3.85. The number of hydrogen-bond donors (Lipinski definition) is 3. The van der Waals surface area contributed by atoms with Gasteiger partial charge in [0.25, 0.3) is 0 Å². The molecular weight excluding hydrogens is 480 g/mol. The van der Waals surface area contributed by atoms with Crippen molar-refractivity contribution in [2.45, 2.75) is 32.5 Å². The second-order valence-corrected chi connectivity index (χ2v) is 8.82. The first-order valence-electron chi connectivity index (χ1n) is 11.7. The molecule has 0 unspecified atom stereocenters. The van der Waals surface area contributed by atoms with Crippen LogP contribution in [0.1, 0.15) is 31.0 Å². The lowest BCUT2D eigenvalue weighted by molar-refractivity contribution is -0.130. The minimum absolute atomic E-state index is 0.0317. The Kier molecular flexibility index (Phi) is 8.22. The van der Waals surface area contributed by atoms with Gasteiger partial charge in [0.2, 0.25) is 5.91 Å². The van der Waals surface area contributed by atoms with Crippen molar-refractivity contribution in [1.82, 2.24) is 14.9 Å². The number of hydrogen-bond acceptors (Lipinski definition) is 7. The molecule has 0 bridgehead atoms. The first-order chi connectivity index (χ1) is 17.4. The fourth-order valence-corrected chi connectivity index (χ4v) is 4.20. The highest BCUT2D eigenvalue weighted by atomic mass is 35.5. The second-order valence-electron chi connectivity index (χ2n) is 8.41. The van der Waals surface area contributed by atoms with Gasteiger partial charge in [0.1, 0.15) is 30.0 Å². The molecule has 1 saturated heterocycles. The molecule has 0 aliphatic carbocycles. The lowest BCUT2D eigenvalue weighted by Gasteiger charge is -2.31. The third-order valence-corrected chi connectivity index (χ3v) is 6.21. The maximum Gasteiger partial charge on any atom is 0.219 e. The number of ether oxygens (including phenoxy) is 2. The van der Waals surface area contributed by atoms with Crippen molar-refractivity contribution in [2.75, 3.05) is 30.8 Å². The second kappa shape index (κ2) is 11.7. The standard InChI is InChI=1S/C26H29ClN6O3/c1-17(34)33-11-7-20(8-12-33)36-21-4-5-24(29-2)22(14-21)26(28)32-18-3-6-25(23(27)13-18)35-16-19-15-30-9-10-31-19/h3-6,9-10,13-15,20,29H,7-8,11-12,16H2,1-2H3,(H2,28,32). The van der Waals surface area contributed by atoms with Gasteiger partial charge < -0.3 is 25.0 Å². The molecule has 1 aliphatic rings. The maximum atomic E-state index is 11.6. The molecule has 9 nitrogen and oxygen atoms in total. The van der Waals surface area contributed by atoms with E-state index in [1.54, 1.807) is 43.7 Å². The van der Waals surface area contributed by atoms with Crippen molar-refractivity contribution in [2.24, 2.45) is 0 Å². The molecule has 0 spiro atoms. The molecule has 36 heavy (non-hydrogen) atoms. The number of piperidine rings is 1. The highest BCUT2D eigenvalue weighted by Gasteiger charge is 2.22. The third-order valence-electron chi connectivity index (χ3n) is 5.91. The molecule has 0 atom stereocenters. The molecule has 4 rings (SSSR count). The summed E-state index contributed by atoms with van der Waals surface area (Å²) < 4.78 is 11.9. The smallest absolute Gasteiger partial charge is 0.219 e. The predicted molar refractivity (Wildman–Crippen MR) is 140 cm³/mol. The number of anilines is 2. The summed E-state index contributed by atoms with van der Waals surface area (Å²) in [5.41, 5.74) is 2.81. The van der Waals surface area contributed by atoms with E-state index < -0.39 is 0 Å². The molecule has 1 amide bonds. The van der Waals surface area contributed by atoms with Gasteiger partial charge in [-0.05, 0) is 36.4 Å². The van der Waals surface area contributed by atoms with Crippen LogP contribution < -0.4 is 20.1 Å². The van der Waals surface area contributed by atoms with E-state index >= 15 is 0 Å². The minimum atomic E-state index is 0.0317. The normalized spacial score (nSPS) is 13.7. The molecule has 1 aromatic heterocycles. The molecule has 2 heterocycles. The number of likely N-dealkylation sites (tertiary alicyclic amines) is 1. The SMILES string of the molecule is CNc1ccc(OC2CCN(C(C)=O)CC2)cc1C(=N)Nc1ccc(OCc2cnccn2)c(Cl)c1. The number of carbonyl (C=O) groups excluding carboxylic acids is 1. The summed E-state index contributed by atoms with van der Waals surface area (Å²) in [6.45, 7) is 3.23. The molecule has 3 N–H and O–H groups in total. The third kappa shape index (κ3) is 6.42. The van der Waals surface area contributed by atoms with Gasteiger partial charge in [0, 0.05) is 69.2 Å². The van der Waals surface area contributed by atoms with Crippen molar-refractivity contribution >= 4 is 34.7 Å². The number of nitrogens with one attached hydrogen (secondary N) is 3. The molecule has 3 aromatic rings. The van der Waals surface area contributed by atoms with Gasteiger partial charge in [-0.2, -0.15) is 0 Å². The van der Waals surface area contributed by atoms with Crippen LogP contribution >= 0.6 is 11.6 Å². The highest BCUT2D eigenvalue weighted by Crippen LogP contribution is 2.30. The van der Waals surface area contributed by atoms with Crippen molar-refractivity contribution in [1.29, 1.82) is 5.41 Å². The van der Waals surface area contributed by atoms with E-state index in [9.17, 15) is 4.79 Å². The summed E-state index contributed by atoms with van der Waals surface area (Å²) in [4.78, 5) is 21.6. The van der Waals surface area contributed by atoms with Crippen molar-refractivity contribution in [3.05, 3.63) is 71.3 Å². The summed E-state index contributed by atoms with van der Waals surface area (Å²) in [5, 5.41) is 15.3. The number of aromatic nitrogens is 2. The van der Waals surface area contributed by atoms with E-state index in [4.69, 9.17) is 26.5 Å². The number of benzene rings is 2.